The third-order valence-electron chi connectivity index (χ3n) is 2.99. The molecule has 100 valence electrons. The van der Waals surface area contributed by atoms with Crippen LogP contribution >= 0.6 is 0 Å². The van der Waals surface area contributed by atoms with Gasteiger partial charge in [-0.25, -0.2) is 0 Å². The van der Waals surface area contributed by atoms with Crippen molar-refractivity contribution >= 4 is 5.91 Å². The van der Waals surface area contributed by atoms with Crippen LogP contribution < -0.4 is 0 Å². The normalized spacial score (nSPS) is 9.80. The van der Waals surface area contributed by atoms with Gasteiger partial charge in [0.25, 0.3) is 5.91 Å². The molecule has 0 fully saturated rings. The Morgan fingerprint density at radius 3 is 2.80 bits per heavy atom. The van der Waals surface area contributed by atoms with E-state index in [2.05, 4.69) is 4.98 Å². The van der Waals surface area contributed by atoms with Crippen LogP contribution in [0.3, 0.4) is 0 Å². The number of hydrogen-bond acceptors (Lipinski definition) is 3. The van der Waals surface area contributed by atoms with Gasteiger partial charge < -0.3 is 4.90 Å². The second kappa shape index (κ2) is 6.48. The molecule has 0 aliphatic carbocycles. The van der Waals surface area contributed by atoms with Crippen LogP contribution in [-0.4, -0.2) is 22.3 Å². The zero-order chi connectivity index (χ0) is 14.4. The number of nitrogens with zero attached hydrogens (tertiary/aromatic N) is 3. The van der Waals surface area contributed by atoms with E-state index in [9.17, 15) is 4.79 Å². The Morgan fingerprint density at radius 1 is 1.30 bits per heavy atom. The molecule has 1 aromatic carbocycles. The molecule has 20 heavy (non-hydrogen) atoms. The third-order valence-corrected chi connectivity index (χ3v) is 2.99. The molecule has 0 bridgehead atoms. The molecule has 1 heterocycles. The van der Waals surface area contributed by atoms with E-state index in [4.69, 9.17) is 5.26 Å². The van der Waals surface area contributed by atoms with E-state index in [-0.39, 0.29) is 5.91 Å². The smallest absolute Gasteiger partial charge is 0.254 e. The van der Waals surface area contributed by atoms with Crippen molar-refractivity contribution in [1.82, 2.24) is 9.88 Å². The SMILES string of the molecule is CCN(Cc1ccccn1)C(=O)c1cccc(C#N)c1. The summed E-state index contributed by atoms with van der Waals surface area (Å²) in [5.74, 6) is -0.0877. The quantitative estimate of drug-likeness (QED) is 0.853. The molecule has 0 atom stereocenters. The predicted octanol–water partition coefficient (Wildman–Crippen LogP) is 2.62. The Bertz CT molecular complexity index is 632. The van der Waals surface area contributed by atoms with Crippen molar-refractivity contribution in [3.8, 4) is 6.07 Å². The summed E-state index contributed by atoms with van der Waals surface area (Å²) in [6.45, 7) is 2.98. The lowest BCUT2D eigenvalue weighted by Crippen LogP contribution is -2.30. The minimum absolute atomic E-state index is 0.0877. The van der Waals surface area contributed by atoms with Crippen molar-refractivity contribution in [1.29, 1.82) is 5.26 Å². The fraction of sp³-hybridized carbons (Fsp3) is 0.188. The number of benzene rings is 1. The van der Waals surface area contributed by atoms with E-state index < -0.39 is 0 Å². The van der Waals surface area contributed by atoms with Gasteiger partial charge in [0.05, 0.1) is 23.9 Å². The highest BCUT2D eigenvalue weighted by Gasteiger charge is 2.15. The fourth-order valence-corrected chi connectivity index (χ4v) is 1.92. The first kappa shape index (κ1) is 13.8. The molecule has 0 N–H and O–H groups in total. The second-order valence-electron chi connectivity index (χ2n) is 4.33. The molecule has 4 heteroatoms. The van der Waals surface area contributed by atoms with E-state index in [0.29, 0.717) is 24.2 Å². The molecule has 0 radical (unpaired) electrons. The highest BCUT2D eigenvalue weighted by atomic mass is 16.2. The van der Waals surface area contributed by atoms with Gasteiger partial charge in [0.15, 0.2) is 0 Å². The summed E-state index contributed by atoms with van der Waals surface area (Å²) in [6, 6.07) is 14.4. The Labute approximate surface area is 118 Å². The predicted molar refractivity (Wildman–Crippen MR) is 75.8 cm³/mol. The molecule has 1 amide bonds. The van der Waals surface area contributed by atoms with E-state index in [0.717, 1.165) is 5.69 Å². The van der Waals surface area contributed by atoms with Gasteiger partial charge in [-0.15, -0.1) is 0 Å². The van der Waals surface area contributed by atoms with Gasteiger partial charge in [0.2, 0.25) is 0 Å². The minimum Gasteiger partial charge on any atom is -0.333 e. The van der Waals surface area contributed by atoms with Gasteiger partial charge in [-0.1, -0.05) is 12.1 Å². The molecule has 0 unspecified atom stereocenters. The number of hydrogen-bond donors (Lipinski definition) is 0. The van der Waals surface area contributed by atoms with Crippen LogP contribution in [0.15, 0.2) is 48.7 Å². The summed E-state index contributed by atoms with van der Waals surface area (Å²) >= 11 is 0. The lowest BCUT2D eigenvalue weighted by molar-refractivity contribution is 0.0750. The third kappa shape index (κ3) is 3.21. The van der Waals surface area contributed by atoms with Gasteiger partial charge in [0.1, 0.15) is 0 Å². The number of carbonyl (C=O) groups excluding carboxylic acids is 1. The lowest BCUT2D eigenvalue weighted by Gasteiger charge is -2.20. The molecule has 0 saturated heterocycles. The standard InChI is InChI=1S/C16H15N3O/c1-2-19(12-15-8-3-4-9-18-15)16(20)14-7-5-6-13(10-14)11-17/h3-10H,2,12H2,1H3. The average Bonchev–Trinajstić information content (AvgIpc) is 2.53. The number of rotatable bonds is 4. The molecule has 0 spiro atoms. The number of carbonyl (C=O) groups is 1. The first-order chi connectivity index (χ1) is 9.74. The highest BCUT2D eigenvalue weighted by molar-refractivity contribution is 5.94. The maximum absolute atomic E-state index is 12.4. The molecule has 0 aliphatic rings. The van der Waals surface area contributed by atoms with Crippen molar-refractivity contribution in [3.05, 3.63) is 65.5 Å². The van der Waals surface area contributed by atoms with Crippen molar-refractivity contribution in [2.24, 2.45) is 0 Å². The number of aromatic nitrogens is 1. The van der Waals surface area contributed by atoms with E-state index in [1.807, 2.05) is 31.2 Å². The van der Waals surface area contributed by atoms with Crippen LogP contribution in [0.1, 0.15) is 28.5 Å². The van der Waals surface area contributed by atoms with E-state index in [1.165, 1.54) is 0 Å². The highest BCUT2D eigenvalue weighted by Crippen LogP contribution is 2.10. The number of amides is 1. The summed E-state index contributed by atoms with van der Waals surface area (Å²) in [4.78, 5) is 18.4. The van der Waals surface area contributed by atoms with E-state index in [1.54, 1.807) is 35.4 Å². The summed E-state index contributed by atoms with van der Waals surface area (Å²) in [6.07, 6.45) is 1.71. The second-order valence-corrected chi connectivity index (χ2v) is 4.33. The maximum atomic E-state index is 12.4. The van der Waals surface area contributed by atoms with Crippen molar-refractivity contribution in [2.45, 2.75) is 13.5 Å². The summed E-state index contributed by atoms with van der Waals surface area (Å²) in [7, 11) is 0. The molecule has 0 aliphatic heterocycles. The lowest BCUT2D eigenvalue weighted by atomic mass is 10.1. The zero-order valence-corrected chi connectivity index (χ0v) is 11.3. The van der Waals surface area contributed by atoms with Crippen LogP contribution in [-0.2, 0) is 6.54 Å². The Kier molecular flexibility index (Phi) is 4.46. The molecular weight excluding hydrogens is 250 g/mol. The van der Waals surface area contributed by atoms with Crippen LogP contribution in [0.4, 0.5) is 0 Å². The van der Waals surface area contributed by atoms with Gasteiger partial charge in [-0.3, -0.25) is 9.78 Å². The summed E-state index contributed by atoms with van der Waals surface area (Å²) in [5.41, 5.74) is 1.87. The van der Waals surface area contributed by atoms with Crippen molar-refractivity contribution in [3.63, 3.8) is 0 Å². The molecule has 1 aromatic heterocycles. The van der Waals surface area contributed by atoms with Crippen LogP contribution in [0.2, 0.25) is 0 Å². The summed E-state index contributed by atoms with van der Waals surface area (Å²) in [5, 5.41) is 8.89. The summed E-state index contributed by atoms with van der Waals surface area (Å²) < 4.78 is 0. The monoisotopic (exact) mass is 265 g/mol. The van der Waals surface area contributed by atoms with E-state index >= 15 is 0 Å². The molecule has 2 rings (SSSR count). The molecule has 0 saturated carbocycles. The fourth-order valence-electron chi connectivity index (χ4n) is 1.92. The molecule has 2 aromatic rings. The Balaban J connectivity index is 2.19. The Hall–Kier alpha value is -2.67. The van der Waals surface area contributed by atoms with Crippen LogP contribution in [0.25, 0.3) is 0 Å². The first-order valence-electron chi connectivity index (χ1n) is 6.44. The molecule has 4 nitrogen and oxygen atoms in total. The van der Waals surface area contributed by atoms with Gasteiger partial charge in [0, 0.05) is 18.3 Å². The largest absolute Gasteiger partial charge is 0.333 e. The van der Waals surface area contributed by atoms with Gasteiger partial charge in [-0.2, -0.15) is 5.26 Å². The number of pyridine rings is 1. The Morgan fingerprint density at radius 2 is 2.15 bits per heavy atom. The van der Waals surface area contributed by atoms with Gasteiger partial charge >= 0.3 is 0 Å². The minimum atomic E-state index is -0.0877. The average molecular weight is 265 g/mol. The van der Waals surface area contributed by atoms with Crippen molar-refractivity contribution < 1.29 is 4.79 Å². The number of nitriles is 1. The molecular formula is C16H15N3O. The van der Waals surface area contributed by atoms with Crippen molar-refractivity contribution in [2.75, 3.05) is 6.54 Å². The van der Waals surface area contributed by atoms with Gasteiger partial charge in [-0.05, 0) is 37.3 Å². The maximum Gasteiger partial charge on any atom is 0.254 e. The first-order valence-corrected chi connectivity index (χ1v) is 6.44. The zero-order valence-electron chi connectivity index (χ0n) is 11.3. The van der Waals surface area contributed by atoms with Crippen LogP contribution in [0.5, 0.6) is 0 Å². The topological polar surface area (TPSA) is 57.0 Å². The van der Waals surface area contributed by atoms with Crippen LogP contribution in [0, 0.1) is 11.3 Å².